The smallest absolute Gasteiger partial charge is 0.194 e. The molecule has 1 fully saturated rings. The van der Waals surface area contributed by atoms with Gasteiger partial charge in [0.05, 0.1) is 0 Å². The number of nitrogens with one attached hydrogen (secondary N) is 1. The Balaban J connectivity index is 2.05. The third-order valence-corrected chi connectivity index (χ3v) is 4.57. The lowest BCUT2D eigenvalue weighted by atomic mass is 10.0. The van der Waals surface area contributed by atoms with Gasteiger partial charge >= 0.3 is 0 Å². The normalized spacial score (nSPS) is 21.1. The fraction of sp³-hybridized carbons (Fsp3) is 0.571. The second-order valence-corrected chi connectivity index (χ2v) is 6.13. The van der Waals surface area contributed by atoms with Gasteiger partial charge in [-0.15, -0.1) is 0 Å². The van der Waals surface area contributed by atoms with Crippen molar-refractivity contribution in [2.24, 2.45) is 10.8 Å². The lowest BCUT2D eigenvalue weighted by Gasteiger charge is -2.07. The van der Waals surface area contributed by atoms with Crippen molar-refractivity contribution in [3.63, 3.8) is 0 Å². The molecule has 1 aromatic carbocycles. The maximum Gasteiger partial charge on any atom is 0.194 e. The molecular weight excluding hydrogens is 239 g/mol. The number of rotatable bonds is 3. The Kier molecular flexibility index (Phi) is 2.97. The lowest BCUT2D eigenvalue weighted by Crippen LogP contribution is -2.22. The molecule has 0 spiro atoms. The topological polar surface area (TPSA) is 12.0 Å². The molecule has 1 aromatic rings. The quantitative estimate of drug-likeness (QED) is 0.815. The molecule has 4 heteroatoms. The lowest BCUT2D eigenvalue weighted by molar-refractivity contribution is 0.443. The zero-order chi connectivity index (χ0) is 13.7. The minimum Gasteiger partial charge on any atom is -0.309 e. The van der Waals surface area contributed by atoms with Gasteiger partial charge in [0.1, 0.15) is 0 Å². The summed E-state index contributed by atoms with van der Waals surface area (Å²) in [5.41, 5.74) is 0.735. The molecular formula is C14H18F3N. The van der Waals surface area contributed by atoms with Crippen LogP contribution in [0.4, 0.5) is 13.2 Å². The summed E-state index contributed by atoms with van der Waals surface area (Å²) in [5, 5.41) is 3.27. The van der Waals surface area contributed by atoms with Gasteiger partial charge in [0.15, 0.2) is 17.5 Å². The maximum atomic E-state index is 13.0. The van der Waals surface area contributed by atoms with Crippen LogP contribution >= 0.6 is 0 Å². The van der Waals surface area contributed by atoms with E-state index in [0.29, 0.717) is 18.2 Å². The van der Waals surface area contributed by atoms with Crippen LogP contribution in [0, 0.1) is 28.3 Å². The first-order chi connectivity index (χ1) is 8.18. The molecule has 0 atom stereocenters. The highest BCUT2D eigenvalue weighted by Crippen LogP contribution is 2.62. The highest BCUT2D eigenvalue weighted by atomic mass is 19.2. The summed E-state index contributed by atoms with van der Waals surface area (Å²) in [4.78, 5) is 0. The van der Waals surface area contributed by atoms with E-state index in [4.69, 9.17) is 0 Å². The van der Waals surface area contributed by atoms with Crippen LogP contribution in [0.2, 0.25) is 0 Å². The predicted molar refractivity (Wildman–Crippen MR) is 64.5 cm³/mol. The molecule has 1 nitrogen and oxygen atoms in total. The molecule has 0 heterocycles. The molecule has 1 N–H and O–H groups in total. The van der Waals surface area contributed by atoms with Crippen molar-refractivity contribution in [1.29, 1.82) is 0 Å². The molecule has 18 heavy (non-hydrogen) atoms. The van der Waals surface area contributed by atoms with Gasteiger partial charge in [-0.1, -0.05) is 27.7 Å². The van der Waals surface area contributed by atoms with Crippen molar-refractivity contribution in [3.8, 4) is 0 Å². The number of halogens is 3. The van der Waals surface area contributed by atoms with E-state index in [2.05, 4.69) is 33.0 Å². The molecule has 0 amide bonds. The Bertz CT molecular complexity index is 443. The Morgan fingerprint density at radius 3 is 1.83 bits per heavy atom. The van der Waals surface area contributed by atoms with Gasteiger partial charge in [-0.25, -0.2) is 13.2 Å². The van der Waals surface area contributed by atoms with E-state index in [1.54, 1.807) is 0 Å². The molecule has 1 saturated carbocycles. The van der Waals surface area contributed by atoms with Crippen molar-refractivity contribution in [3.05, 3.63) is 35.1 Å². The first-order valence-electron chi connectivity index (χ1n) is 6.04. The molecule has 0 bridgehead atoms. The SMILES string of the molecule is CC1(C)C(NCc2cc(F)c(F)c(F)c2)C1(C)C. The first kappa shape index (κ1) is 13.4. The molecule has 1 aliphatic carbocycles. The van der Waals surface area contributed by atoms with Crippen LogP contribution in [-0.4, -0.2) is 6.04 Å². The Morgan fingerprint density at radius 2 is 1.44 bits per heavy atom. The third-order valence-electron chi connectivity index (χ3n) is 4.57. The molecule has 100 valence electrons. The monoisotopic (exact) mass is 257 g/mol. The van der Waals surface area contributed by atoms with E-state index in [1.165, 1.54) is 0 Å². The third kappa shape index (κ3) is 1.92. The van der Waals surface area contributed by atoms with Crippen LogP contribution in [0.5, 0.6) is 0 Å². The van der Waals surface area contributed by atoms with Gasteiger partial charge in [-0.3, -0.25) is 0 Å². The summed E-state index contributed by atoms with van der Waals surface area (Å²) in [5.74, 6) is -3.69. The standard InChI is InChI=1S/C14H18F3N/c1-13(2)12(14(13,3)4)18-7-8-5-9(15)11(17)10(16)6-8/h5-6,12,18H,7H2,1-4H3. The second kappa shape index (κ2) is 3.98. The van der Waals surface area contributed by atoms with E-state index in [0.717, 1.165) is 12.1 Å². The molecule has 0 radical (unpaired) electrons. The van der Waals surface area contributed by atoms with Gasteiger partial charge in [0, 0.05) is 12.6 Å². The van der Waals surface area contributed by atoms with Crippen LogP contribution in [0.15, 0.2) is 12.1 Å². The largest absolute Gasteiger partial charge is 0.309 e. The first-order valence-corrected chi connectivity index (χ1v) is 6.04. The van der Waals surface area contributed by atoms with Gasteiger partial charge < -0.3 is 5.32 Å². The molecule has 2 rings (SSSR count). The van der Waals surface area contributed by atoms with Crippen LogP contribution in [0.1, 0.15) is 33.3 Å². The predicted octanol–water partition coefficient (Wildman–Crippen LogP) is 3.63. The van der Waals surface area contributed by atoms with Crippen molar-refractivity contribution in [1.82, 2.24) is 5.32 Å². The highest BCUT2D eigenvalue weighted by Gasteiger charge is 2.64. The van der Waals surface area contributed by atoms with Crippen molar-refractivity contribution >= 4 is 0 Å². The summed E-state index contributed by atoms with van der Waals surface area (Å²) < 4.78 is 38.9. The summed E-state index contributed by atoms with van der Waals surface area (Å²) in [6.45, 7) is 8.94. The molecule has 0 aromatic heterocycles. The number of hydrogen-bond acceptors (Lipinski definition) is 1. The van der Waals surface area contributed by atoms with Gasteiger partial charge in [0.2, 0.25) is 0 Å². The van der Waals surface area contributed by atoms with E-state index < -0.39 is 17.5 Å². The van der Waals surface area contributed by atoms with Crippen LogP contribution < -0.4 is 5.32 Å². The summed E-state index contributed by atoms with van der Waals surface area (Å²) in [7, 11) is 0. The summed E-state index contributed by atoms with van der Waals surface area (Å²) in [6, 6.07) is 2.36. The molecule has 0 unspecified atom stereocenters. The Labute approximate surface area is 105 Å². The van der Waals surface area contributed by atoms with E-state index in [1.807, 2.05) is 0 Å². The van der Waals surface area contributed by atoms with Crippen molar-refractivity contribution in [2.75, 3.05) is 0 Å². The number of benzene rings is 1. The molecule has 0 aliphatic heterocycles. The van der Waals surface area contributed by atoms with Crippen LogP contribution in [-0.2, 0) is 6.54 Å². The van der Waals surface area contributed by atoms with Crippen molar-refractivity contribution < 1.29 is 13.2 Å². The zero-order valence-electron chi connectivity index (χ0n) is 11.1. The van der Waals surface area contributed by atoms with E-state index in [9.17, 15) is 13.2 Å². The fourth-order valence-electron chi connectivity index (χ4n) is 2.64. The number of hydrogen-bond donors (Lipinski definition) is 1. The molecule has 0 saturated heterocycles. The minimum absolute atomic E-state index is 0.157. The minimum atomic E-state index is -1.41. The van der Waals surface area contributed by atoms with Crippen molar-refractivity contribution in [2.45, 2.75) is 40.3 Å². The van der Waals surface area contributed by atoms with Crippen LogP contribution in [0.25, 0.3) is 0 Å². The van der Waals surface area contributed by atoms with E-state index in [-0.39, 0.29) is 10.8 Å². The second-order valence-electron chi connectivity index (χ2n) is 6.13. The summed E-state index contributed by atoms with van der Waals surface area (Å²) in [6.07, 6.45) is 0. The fourth-order valence-corrected chi connectivity index (χ4v) is 2.64. The van der Waals surface area contributed by atoms with E-state index >= 15 is 0 Å². The van der Waals surface area contributed by atoms with Crippen LogP contribution in [0.3, 0.4) is 0 Å². The van der Waals surface area contributed by atoms with Gasteiger partial charge in [0.25, 0.3) is 0 Å². The molecule has 1 aliphatic rings. The van der Waals surface area contributed by atoms with Gasteiger partial charge in [-0.2, -0.15) is 0 Å². The Morgan fingerprint density at radius 1 is 1.00 bits per heavy atom. The Hall–Kier alpha value is -1.03. The average Bonchev–Trinajstić information content (AvgIpc) is 2.63. The zero-order valence-corrected chi connectivity index (χ0v) is 11.1. The maximum absolute atomic E-state index is 13.0. The van der Waals surface area contributed by atoms with Gasteiger partial charge in [-0.05, 0) is 28.5 Å². The summed E-state index contributed by atoms with van der Waals surface area (Å²) >= 11 is 0. The highest BCUT2D eigenvalue weighted by molar-refractivity contribution is 5.22. The average molecular weight is 257 g/mol.